The predicted molar refractivity (Wildman–Crippen MR) is 59.2 cm³/mol. The number of piperidine rings is 1. The van der Waals surface area contributed by atoms with Crippen LogP contribution in [0.15, 0.2) is 12.2 Å². The molecule has 0 spiro atoms. The van der Waals surface area contributed by atoms with Crippen molar-refractivity contribution in [3.05, 3.63) is 12.2 Å². The van der Waals surface area contributed by atoms with Crippen molar-refractivity contribution in [1.29, 1.82) is 0 Å². The summed E-state index contributed by atoms with van der Waals surface area (Å²) in [6.07, 6.45) is 4.15. The van der Waals surface area contributed by atoms with Crippen molar-refractivity contribution in [2.24, 2.45) is 11.3 Å². The lowest BCUT2D eigenvalue weighted by molar-refractivity contribution is 0.0426. The molecule has 0 aromatic rings. The summed E-state index contributed by atoms with van der Waals surface area (Å²) in [6, 6.07) is 0.925. The molecule has 1 saturated carbocycles. The van der Waals surface area contributed by atoms with Crippen LogP contribution in [-0.2, 0) is 0 Å². The summed E-state index contributed by atoms with van der Waals surface area (Å²) in [5, 5.41) is 0. The molecule has 0 N–H and O–H groups in total. The first-order valence-corrected chi connectivity index (χ1v) is 5.87. The Balaban J connectivity index is 2.00. The number of rotatable bonds is 0. The van der Waals surface area contributed by atoms with E-state index >= 15 is 0 Å². The lowest BCUT2D eigenvalue weighted by Gasteiger charge is -2.45. The van der Waals surface area contributed by atoms with Gasteiger partial charge in [-0.2, -0.15) is 0 Å². The fourth-order valence-electron chi connectivity index (χ4n) is 3.86. The van der Waals surface area contributed by atoms with Crippen molar-refractivity contribution in [3.63, 3.8) is 0 Å². The van der Waals surface area contributed by atoms with Gasteiger partial charge in [0.2, 0.25) is 0 Å². The Labute approximate surface area is 87.2 Å². The molecule has 0 bridgehead atoms. The summed E-state index contributed by atoms with van der Waals surface area (Å²) in [6.45, 7) is 12.6. The van der Waals surface area contributed by atoms with Crippen molar-refractivity contribution < 1.29 is 0 Å². The molecule has 14 heavy (non-hydrogen) atoms. The minimum Gasteiger partial charge on any atom is -0.290 e. The van der Waals surface area contributed by atoms with Crippen LogP contribution < -0.4 is 0 Å². The van der Waals surface area contributed by atoms with Crippen LogP contribution in [0.4, 0.5) is 0 Å². The molecular weight excluding hydrogens is 170 g/mol. The third-order valence-corrected chi connectivity index (χ3v) is 4.77. The third kappa shape index (κ3) is 0.894. The summed E-state index contributed by atoms with van der Waals surface area (Å²) < 4.78 is 0. The van der Waals surface area contributed by atoms with Crippen molar-refractivity contribution in [3.8, 4) is 0 Å². The molecule has 1 heteroatoms. The summed E-state index contributed by atoms with van der Waals surface area (Å²) in [7, 11) is 0. The average Bonchev–Trinajstić information content (AvgIpc) is 2.56. The Morgan fingerprint density at radius 2 is 2.14 bits per heavy atom. The van der Waals surface area contributed by atoms with E-state index in [1.807, 2.05) is 0 Å². The minimum atomic E-state index is 0.417. The molecule has 3 atom stereocenters. The van der Waals surface area contributed by atoms with E-state index in [1.165, 1.54) is 31.4 Å². The van der Waals surface area contributed by atoms with Gasteiger partial charge in [-0.05, 0) is 30.6 Å². The van der Waals surface area contributed by atoms with Gasteiger partial charge in [0.15, 0.2) is 0 Å². The van der Waals surface area contributed by atoms with E-state index < -0.39 is 0 Å². The second kappa shape index (κ2) is 2.27. The Morgan fingerprint density at radius 3 is 2.71 bits per heavy atom. The molecular formula is C13H21N. The number of nitrogens with zero attached hydrogens (tertiary/aromatic N) is 1. The quantitative estimate of drug-likeness (QED) is 0.532. The fraction of sp³-hybridized carbons (Fsp3) is 0.846. The van der Waals surface area contributed by atoms with Gasteiger partial charge in [-0.25, -0.2) is 0 Å². The summed E-state index contributed by atoms with van der Waals surface area (Å²) in [5.41, 5.74) is 2.35. The van der Waals surface area contributed by atoms with Crippen LogP contribution >= 0.6 is 0 Å². The number of hydrogen-bond donors (Lipinski definition) is 0. The van der Waals surface area contributed by atoms with Gasteiger partial charge in [0.05, 0.1) is 0 Å². The predicted octanol–water partition coefficient (Wildman–Crippen LogP) is 2.83. The van der Waals surface area contributed by atoms with Crippen LogP contribution in [0.2, 0.25) is 0 Å². The Hall–Kier alpha value is -0.300. The number of hydrogen-bond acceptors (Lipinski definition) is 1. The van der Waals surface area contributed by atoms with Gasteiger partial charge in [0.25, 0.3) is 0 Å². The lowest BCUT2D eigenvalue weighted by atomic mass is 9.70. The zero-order valence-corrected chi connectivity index (χ0v) is 9.64. The highest BCUT2D eigenvalue weighted by molar-refractivity contribution is 5.27. The van der Waals surface area contributed by atoms with Gasteiger partial charge in [0, 0.05) is 18.1 Å². The van der Waals surface area contributed by atoms with Crippen LogP contribution in [0.3, 0.4) is 0 Å². The average molecular weight is 191 g/mol. The SMILES string of the molecule is C=C1CN2C3CC3CC2(C(C)(C)C)C1. The molecule has 2 aliphatic heterocycles. The highest BCUT2D eigenvalue weighted by Gasteiger charge is 2.65. The van der Waals surface area contributed by atoms with Crippen LogP contribution in [0.1, 0.15) is 40.0 Å². The Kier molecular flexibility index (Phi) is 1.45. The maximum Gasteiger partial charge on any atom is 0.0304 e. The molecule has 0 aromatic heterocycles. The van der Waals surface area contributed by atoms with Gasteiger partial charge < -0.3 is 0 Å². The van der Waals surface area contributed by atoms with E-state index in [9.17, 15) is 0 Å². The molecule has 3 unspecified atom stereocenters. The van der Waals surface area contributed by atoms with Crippen molar-refractivity contribution >= 4 is 0 Å². The molecule has 0 aromatic carbocycles. The molecule has 78 valence electrons. The first kappa shape index (κ1) is 8.96. The first-order valence-electron chi connectivity index (χ1n) is 5.87. The van der Waals surface area contributed by atoms with E-state index in [1.54, 1.807) is 0 Å². The van der Waals surface area contributed by atoms with Crippen molar-refractivity contribution in [2.75, 3.05) is 6.54 Å². The largest absolute Gasteiger partial charge is 0.290 e. The van der Waals surface area contributed by atoms with E-state index in [-0.39, 0.29) is 0 Å². The monoisotopic (exact) mass is 191 g/mol. The maximum absolute atomic E-state index is 4.21. The molecule has 0 amide bonds. The van der Waals surface area contributed by atoms with E-state index in [4.69, 9.17) is 0 Å². The van der Waals surface area contributed by atoms with E-state index in [0.717, 1.165) is 12.0 Å². The zero-order valence-electron chi connectivity index (χ0n) is 9.64. The van der Waals surface area contributed by atoms with Crippen LogP contribution in [0.5, 0.6) is 0 Å². The smallest absolute Gasteiger partial charge is 0.0304 e. The topological polar surface area (TPSA) is 3.24 Å². The molecule has 1 nitrogen and oxygen atoms in total. The van der Waals surface area contributed by atoms with Crippen molar-refractivity contribution in [1.82, 2.24) is 4.90 Å². The Morgan fingerprint density at radius 1 is 1.43 bits per heavy atom. The highest BCUT2D eigenvalue weighted by atomic mass is 15.3. The minimum absolute atomic E-state index is 0.417. The second-order valence-electron chi connectivity index (χ2n) is 6.60. The van der Waals surface area contributed by atoms with Gasteiger partial charge in [0.1, 0.15) is 0 Å². The summed E-state index contributed by atoms with van der Waals surface area (Å²) in [4.78, 5) is 2.78. The lowest BCUT2D eigenvalue weighted by Crippen LogP contribution is -2.51. The number of fused-ring (bicyclic) bond motifs is 3. The molecule has 1 aliphatic carbocycles. The van der Waals surface area contributed by atoms with Gasteiger partial charge >= 0.3 is 0 Å². The van der Waals surface area contributed by atoms with Crippen LogP contribution in [-0.4, -0.2) is 23.0 Å². The molecule has 3 aliphatic rings. The maximum atomic E-state index is 4.21. The van der Waals surface area contributed by atoms with Gasteiger partial charge in [-0.3, -0.25) is 4.90 Å². The standard InChI is InChI=1S/C13H21N/c1-9-6-13(12(2,3)4)7-10-5-11(10)14(13)8-9/h10-11H,1,5-8H2,2-4H3. The zero-order chi connectivity index (χ0) is 10.1. The normalized spacial score (nSPS) is 46.6. The van der Waals surface area contributed by atoms with E-state index in [0.29, 0.717) is 11.0 Å². The summed E-state index contributed by atoms with van der Waals surface area (Å²) in [5.74, 6) is 1.03. The molecule has 2 saturated heterocycles. The highest BCUT2D eigenvalue weighted by Crippen LogP contribution is 2.62. The molecule has 0 radical (unpaired) electrons. The van der Waals surface area contributed by atoms with Gasteiger partial charge in [-0.1, -0.05) is 32.9 Å². The first-order chi connectivity index (χ1) is 6.44. The molecule has 3 fully saturated rings. The third-order valence-electron chi connectivity index (χ3n) is 4.77. The fourth-order valence-corrected chi connectivity index (χ4v) is 3.86. The van der Waals surface area contributed by atoms with Crippen LogP contribution in [0, 0.1) is 11.3 Å². The molecule has 3 rings (SSSR count). The van der Waals surface area contributed by atoms with Crippen LogP contribution in [0.25, 0.3) is 0 Å². The summed E-state index contributed by atoms with van der Waals surface area (Å²) >= 11 is 0. The Bertz CT molecular complexity index is 299. The second-order valence-corrected chi connectivity index (χ2v) is 6.60. The van der Waals surface area contributed by atoms with Gasteiger partial charge in [-0.15, -0.1) is 0 Å². The van der Waals surface area contributed by atoms with Crippen molar-refractivity contribution in [2.45, 2.75) is 51.6 Å². The van der Waals surface area contributed by atoms with E-state index in [2.05, 4.69) is 32.3 Å². The molecule has 2 heterocycles.